The van der Waals surface area contributed by atoms with Crippen molar-refractivity contribution in [3.63, 3.8) is 0 Å². The van der Waals surface area contributed by atoms with Gasteiger partial charge in [0, 0.05) is 31.4 Å². The number of anilines is 1. The number of fused-ring (bicyclic) bond motifs is 1. The molecule has 0 aromatic heterocycles. The minimum Gasteiger partial charge on any atom is -0.378 e. The maximum atomic E-state index is 13.2. The van der Waals surface area contributed by atoms with Gasteiger partial charge in [-0.3, -0.25) is 4.79 Å². The minimum absolute atomic E-state index is 0.0989. The smallest absolute Gasteiger partial charge is 0.254 e. The summed E-state index contributed by atoms with van der Waals surface area (Å²) in [5.41, 5.74) is 4.56. The zero-order valence-electron chi connectivity index (χ0n) is 15.4. The van der Waals surface area contributed by atoms with Crippen LogP contribution >= 0.6 is 0 Å². The first-order valence-corrected chi connectivity index (χ1v) is 9.52. The lowest BCUT2D eigenvalue weighted by molar-refractivity contribution is 0.0715. The summed E-state index contributed by atoms with van der Waals surface area (Å²) >= 11 is 0. The van der Waals surface area contributed by atoms with Crippen LogP contribution in [0.25, 0.3) is 0 Å². The number of benzene rings is 2. The second kappa shape index (κ2) is 7.50. The van der Waals surface area contributed by atoms with Crippen LogP contribution in [0.5, 0.6) is 0 Å². The van der Waals surface area contributed by atoms with Crippen LogP contribution in [0, 0.1) is 0 Å². The first-order chi connectivity index (χ1) is 12.7. The normalized spacial score (nSPS) is 19.7. The molecule has 26 heavy (non-hydrogen) atoms. The van der Waals surface area contributed by atoms with Gasteiger partial charge in [-0.1, -0.05) is 30.3 Å². The van der Waals surface area contributed by atoms with E-state index in [1.165, 1.54) is 11.1 Å². The number of nitrogens with zero attached hydrogens (tertiary/aromatic N) is 2. The molecule has 136 valence electrons. The largest absolute Gasteiger partial charge is 0.378 e. The number of ether oxygens (including phenoxy) is 1. The molecule has 2 aromatic rings. The highest BCUT2D eigenvalue weighted by Crippen LogP contribution is 2.34. The van der Waals surface area contributed by atoms with Gasteiger partial charge in [0.05, 0.1) is 19.3 Å². The quantitative estimate of drug-likeness (QED) is 0.847. The predicted molar refractivity (Wildman–Crippen MR) is 104 cm³/mol. The third-order valence-corrected chi connectivity index (χ3v) is 5.59. The Kier molecular flexibility index (Phi) is 4.93. The molecule has 4 heteroatoms. The van der Waals surface area contributed by atoms with Crippen LogP contribution in [0.4, 0.5) is 5.69 Å². The lowest BCUT2D eigenvalue weighted by Gasteiger charge is -2.34. The molecule has 1 saturated heterocycles. The van der Waals surface area contributed by atoms with E-state index in [4.69, 9.17) is 4.74 Å². The van der Waals surface area contributed by atoms with Crippen molar-refractivity contribution >= 4 is 11.6 Å². The van der Waals surface area contributed by atoms with Gasteiger partial charge in [-0.15, -0.1) is 0 Å². The van der Waals surface area contributed by atoms with Gasteiger partial charge in [-0.25, -0.2) is 0 Å². The molecule has 0 N–H and O–H groups in total. The molecule has 2 aromatic carbocycles. The molecule has 1 atom stereocenters. The summed E-state index contributed by atoms with van der Waals surface area (Å²) in [5.74, 6) is 0.0989. The zero-order valence-corrected chi connectivity index (χ0v) is 15.4. The van der Waals surface area contributed by atoms with E-state index in [2.05, 4.69) is 35.2 Å². The van der Waals surface area contributed by atoms with E-state index < -0.39 is 0 Å². The molecule has 1 heterocycles. The van der Waals surface area contributed by atoms with Crippen molar-refractivity contribution in [3.8, 4) is 0 Å². The summed E-state index contributed by atoms with van der Waals surface area (Å²) in [4.78, 5) is 17.4. The molecular weight excluding hydrogens is 324 g/mol. The summed E-state index contributed by atoms with van der Waals surface area (Å²) in [6, 6.07) is 16.7. The third-order valence-electron chi connectivity index (χ3n) is 5.59. The highest BCUT2D eigenvalue weighted by atomic mass is 16.5. The van der Waals surface area contributed by atoms with Crippen LogP contribution in [-0.4, -0.2) is 44.2 Å². The Bertz CT molecular complexity index is 783. The predicted octanol–water partition coefficient (Wildman–Crippen LogP) is 3.67. The van der Waals surface area contributed by atoms with E-state index in [9.17, 15) is 4.79 Å². The van der Waals surface area contributed by atoms with Gasteiger partial charge in [-0.05, 0) is 48.6 Å². The second-order valence-electron chi connectivity index (χ2n) is 7.17. The Hall–Kier alpha value is -2.33. The second-order valence-corrected chi connectivity index (χ2v) is 7.17. The van der Waals surface area contributed by atoms with E-state index >= 15 is 0 Å². The Morgan fingerprint density at radius 3 is 2.77 bits per heavy atom. The van der Waals surface area contributed by atoms with Gasteiger partial charge in [0.1, 0.15) is 0 Å². The number of rotatable bonds is 3. The van der Waals surface area contributed by atoms with Crippen LogP contribution in [-0.2, 0) is 11.2 Å². The van der Waals surface area contributed by atoms with Crippen molar-refractivity contribution < 1.29 is 9.53 Å². The van der Waals surface area contributed by atoms with Gasteiger partial charge in [-0.2, -0.15) is 0 Å². The molecular formula is C22H26N2O2. The topological polar surface area (TPSA) is 32.8 Å². The Labute approximate surface area is 155 Å². The van der Waals surface area contributed by atoms with Crippen LogP contribution in [0.2, 0.25) is 0 Å². The minimum atomic E-state index is 0.0989. The molecule has 4 rings (SSSR count). The van der Waals surface area contributed by atoms with Crippen molar-refractivity contribution in [1.29, 1.82) is 0 Å². The highest BCUT2D eigenvalue weighted by molar-refractivity contribution is 5.95. The number of carbonyl (C=O) groups excluding carboxylic acids is 1. The monoisotopic (exact) mass is 350 g/mol. The van der Waals surface area contributed by atoms with Gasteiger partial charge in [0.15, 0.2) is 0 Å². The van der Waals surface area contributed by atoms with Crippen LogP contribution < -0.4 is 4.90 Å². The van der Waals surface area contributed by atoms with Crippen LogP contribution in [0.15, 0.2) is 48.5 Å². The molecule has 4 nitrogen and oxygen atoms in total. The van der Waals surface area contributed by atoms with E-state index in [1.807, 2.05) is 30.1 Å². The third kappa shape index (κ3) is 3.34. The molecule has 1 amide bonds. The number of aryl methyl sites for hydroxylation is 1. The Balaban J connectivity index is 1.56. The summed E-state index contributed by atoms with van der Waals surface area (Å²) < 4.78 is 5.43. The summed E-state index contributed by atoms with van der Waals surface area (Å²) in [7, 11) is 1.94. The van der Waals surface area contributed by atoms with Crippen molar-refractivity contribution in [1.82, 2.24) is 4.90 Å². The molecule has 0 spiro atoms. The molecule has 0 bridgehead atoms. The van der Waals surface area contributed by atoms with Gasteiger partial charge in [0.2, 0.25) is 0 Å². The van der Waals surface area contributed by atoms with Crippen molar-refractivity contribution in [3.05, 3.63) is 65.2 Å². The first kappa shape index (κ1) is 17.1. The fourth-order valence-electron chi connectivity index (χ4n) is 4.13. The Morgan fingerprint density at radius 2 is 1.92 bits per heavy atom. The molecule has 1 fully saturated rings. The maximum Gasteiger partial charge on any atom is 0.254 e. The van der Waals surface area contributed by atoms with Crippen LogP contribution in [0.1, 0.15) is 40.4 Å². The van der Waals surface area contributed by atoms with E-state index in [-0.39, 0.29) is 11.9 Å². The first-order valence-electron chi connectivity index (χ1n) is 9.52. The lowest BCUT2D eigenvalue weighted by Crippen LogP contribution is -2.36. The molecule has 0 unspecified atom stereocenters. The summed E-state index contributed by atoms with van der Waals surface area (Å²) in [6.45, 7) is 3.25. The van der Waals surface area contributed by atoms with Gasteiger partial charge < -0.3 is 14.5 Å². The Morgan fingerprint density at radius 1 is 1.12 bits per heavy atom. The van der Waals surface area contributed by atoms with Crippen molar-refractivity contribution in [2.75, 3.05) is 38.3 Å². The molecule has 2 aliphatic rings. The standard InChI is InChI=1S/C22H26N2O2/c1-23(21-11-5-7-17-6-2-3-10-20(17)21)22(25)18-8-4-9-19(16-18)24-12-14-26-15-13-24/h2-4,6,8-10,16,21H,5,7,11-15H2,1H3/t21-/m0/s1. The van der Waals surface area contributed by atoms with E-state index in [1.54, 1.807) is 0 Å². The van der Waals surface area contributed by atoms with Crippen molar-refractivity contribution in [2.24, 2.45) is 0 Å². The van der Waals surface area contributed by atoms with E-state index in [0.717, 1.165) is 56.8 Å². The molecule has 1 aliphatic carbocycles. The molecule has 0 saturated carbocycles. The summed E-state index contributed by atoms with van der Waals surface area (Å²) in [6.07, 6.45) is 3.27. The number of hydrogen-bond donors (Lipinski definition) is 0. The number of morpholine rings is 1. The van der Waals surface area contributed by atoms with Crippen LogP contribution in [0.3, 0.4) is 0 Å². The average molecular weight is 350 g/mol. The average Bonchev–Trinajstić information content (AvgIpc) is 2.73. The fraction of sp³-hybridized carbons (Fsp3) is 0.409. The fourth-order valence-corrected chi connectivity index (χ4v) is 4.13. The lowest BCUT2D eigenvalue weighted by atomic mass is 9.87. The number of hydrogen-bond acceptors (Lipinski definition) is 3. The zero-order chi connectivity index (χ0) is 17.9. The molecule has 1 aliphatic heterocycles. The van der Waals surface area contributed by atoms with E-state index in [0.29, 0.717) is 0 Å². The number of amides is 1. The van der Waals surface area contributed by atoms with Crippen molar-refractivity contribution in [2.45, 2.75) is 25.3 Å². The highest BCUT2D eigenvalue weighted by Gasteiger charge is 2.27. The SMILES string of the molecule is CN(C(=O)c1cccc(N2CCOCC2)c1)[C@H]1CCCc2ccccc21. The molecule has 0 radical (unpaired) electrons. The summed E-state index contributed by atoms with van der Waals surface area (Å²) in [5, 5.41) is 0. The number of carbonyl (C=O) groups is 1. The van der Waals surface area contributed by atoms with Gasteiger partial charge >= 0.3 is 0 Å². The van der Waals surface area contributed by atoms with Gasteiger partial charge in [0.25, 0.3) is 5.91 Å². The maximum absolute atomic E-state index is 13.2.